The van der Waals surface area contributed by atoms with Gasteiger partial charge in [-0.2, -0.15) is 0 Å². The molecule has 66 heavy (non-hydrogen) atoms. The molecule has 392 valence electrons. The molecule has 0 spiro atoms. The van der Waals surface area contributed by atoms with Gasteiger partial charge in [0.1, 0.15) is 12.2 Å². The normalized spacial score (nSPS) is 13.8. The van der Waals surface area contributed by atoms with Crippen LogP contribution in [0.2, 0.25) is 0 Å². The van der Waals surface area contributed by atoms with E-state index in [2.05, 4.69) is 43.5 Å². The average Bonchev–Trinajstić information content (AvgIpc) is 3.32. The summed E-state index contributed by atoms with van der Waals surface area (Å²) < 4.78 is 0. The van der Waals surface area contributed by atoms with Gasteiger partial charge in [-0.15, -0.1) is 0 Å². The van der Waals surface area contributed by atoms with Crippen LogP contribution in [-0.4, -0.2) is 57.3 Å². The predicted molar refractivity (Wildman–Crippen MR) is 288 cm³/mol. The van der Waals surface area contributed by atoms with Crippen LogP contribution in [0.5, 0.6) is 0 Å². The lowest BCUT2D eigenvalue weighted by Gasteiger charge is -2.27. The van der Waals surface area contributed by atoms with Gasteiger partial charge in [0.2, 0.25) is 5.91 Å². The van der Waals surface area contributed by atoms with Gasteiger partial charge in [-0.25, -0.2) is 0 Å². The maximum absolute atomic E-state index is 12.6. The molecule has 0 heterocycles. The molecule has 5 N–H and O–H groups in total. The smallest absolute Gasteiger partial charge is 0.249 e. The second-order valence-electron chi connectivity index (χ2n) is 20.7. The second-order valence-corrected chi connectivity index (χ2v) is 20.7. The van der Waals surface area contributed by atoms with Gasteiger partial charge in [-0.3, -0.25) is 4.79 Å². The van der Waals surface area contributed by atoms with Gasteiger partial charge in [-0.1, -0.05) is 295 Å². The zero-order valence-corrected chi connectivity index (χ0v) is 44.5. The van der Waals surface area contributed by atoms with E-state index in [-0.39, 0.29) is 0 Å². The van der Waals surface area contributed by atoms with Gasteiger partial charge in [-0.05, 0) is 51.4 Å². The van der Waals surface area contributed by atoms with E-state index in [0.29, 0.717) is 19.3 Å². The number of rotatable bonds is 55. The molecule has 0 aromatic carbocycles. The number of aliphatic hydroxyl groups is 4. The topological polar surface area (TPSA) is 110 Å². The maximum Gasteiger partial charge on any atom is 0.249 e. The van der Waals surface area contributed by atoms with Crippen LogP contribution in [0.15, 0.2) is 24.3 Å². The van der Waals surface area contributed by atoms with Crippen LogP contribution in [0.25, 0.3) is 0 Å². The molecule has 0 aromatic rings. The Morgan fingerprint density at radius 2 is 0.636 bits per heavy atom. The van der Waals surface area contributed by atoms with Crippen molar-refractivity contribution >= 4 is 5.91 Å². The first-order valence-corrected chi connectivity index (χ1v) is 29.7. The van der Waals surface area contributed by atoms with Crippen molar-refractivity contribution < 1.29 is 25.2 Å². The Bertz CT molecular complexity index is 1000. The summed E-state index contributed by atoms with van der Waals surface area (Å²) in [6.45, 7) is 4.08. The molecular weight excluding hydrogens is 815 g/mol. The number of aliphatic hydroxyl groups excluding tert-OH is 4. The molecule has 0 bridgehead atoms. The lowest BCUT2D eigenvalue weighted by Crippen LogP contribution is -2.53. The minimum Gasteiger partial charge on any atom is -0.394 e. The van der Waals surface area contributed by atoms with E-state index in [4.69, 9.17) is 0 Å². The summed E-state index contributed by atoms with van der Waals surface area (Å²) in [7, 11) is 0. The summed E-state index contributed by atoms with van der Waals surface area (Å²) >= 11 is 0. The fraction of sp³-hybridized carbons (Fsp3) is 0.917. The van der Waals surface area contributed by atoms with Crippen LogP contribution in [-0.2, 0) is 4.79 Å². The fourth-order valence-electron chi connectivity index (χ4n) is 9.48. The molecule has 4 unspecified atom stereocenters. The van der Waals surface area contributed by atoms with Crippen molar-refractivity contribution in [3.05, 3.63) is 24.3 Å². The first-order chi connectivity index (χ1) is 32.5. The van der Waals surface area contributed by atoms with Gasteiger partial charge in [0.25, 0.3) is 0 Å². The molecule has 6 nitrogen and oxygen atoms in total. The summed E-state index contributed by atoms with van der Waals surface area (Å²) in [6, 6.07) is -1.01. The van der Waals surface area contributed by atoms with Gasteiger partial charge >= 0.3 is 0 Å². The van der Waals surface area contributed by atoms with Crippen molar-refractivity contribution in [3.8, 4) is 0 Å². The Morgan fingerprint density at radius 1 is 0.364 bits per heavy atom. The van der Waals surface area contributed by atoms with Gasteiger partial charge in [0.15, 0.2) is 0 Å². The Morgan fingerprint density at radius 3 is 0.955 bits per heavy atom. The lowest BCUT2D eigenvalue weighted by molar-refractivity contribution is -0.132. The van der Waals surface area contributed by atoms with Crippen LogP contribution in [0.4, 0.5) is 0 Å². The number of unbranched alkanes of at least 4 members (excludes halogenated alkanes) is 42. The minimum atomic E-state index is -1.29. The Labute approximate surface area is 412 Å². The highest BCUT2D eigenvalue weighted by atomic mass is 16.3. The molecule has 0 rings (SSSR count). The number of carbonyl (C=O) groups is 1. The Kier molecular flexibility index (Phi) is 53.7. The largest absolute Gasteiger partial charge is 0.394 e. The number of hydrogen-bond donors (Lipinski definition) is 5. The van der Waals surface area contributed by atoms with Gasteiger partial charge in [0.05, 0.1) is 18.8 Å². The number of hydrogen-bond acceptors (Lipinski definition) is 5. The van der Waals surface area contributed by atoms with E-state index in [1.54, 1.807) is 0 Å². The van der Waals surface area contributed by atoms with E-state index in [0.717, 1.165) is 38.5 Å². The zero-order chi connectivity index (χ0) is 48.1. The van der Waals surface area contributed by atoms with Gasteiger partial charge in [0, 0.05) is 0 Å². The minimum absolute atomic E-state index is 0.364. The van der Waals surface area contributed by atoms with Crippen LogP contribution in [0.3, 0.4) is 0 Å². The summed E-state index contributed by atoms with van der Waals surface area (Å²) in [5.74, 6) is -0.592. The number of nitrogens with one attached hydrogen (secondary N) is 1. The van der Waals surface area contributed by atoms with Crippen molar-refractivity contribution in [1.29, 1.82) is 0 Å². The summed E-state index contributed by atoms with van der Waals surface area (Å²) in [6.07, 6.45) is 66.9. The summed E-state index contributed by atoms with van der Waals surface area (Å²) in [4.78, 5) is 12.6. The molecule has 0 aromatic heterocycles. The Hall–Kier alpha value is -1.21. The summed E-state index contributed by atoms with van der Waals surface area (Å²) in [5.41, 5.74) is 0. The molecule has 4 atom stereocenters. The van der Waals surface area contributed by atoms with Crippen LogP contribution < -0.4 is 5.32 Å². The van der Waals surface area contributed by atoms with Crippen LogP contribution in [0.1, 0.15) is 322 Å². The predicted octanol–water partition coefficient (Wildman–Crippen LogP) is 17.4. The molecule has 0 fully saturated rings. The molecule has 0 saturated heterocycles. The van der Waals surface area contributed by atoms with Crippen LogP contribution in [0, 0.1) is 0 Å². The third kappa shape index (κ3) is 47.8. The molecule has 0 aliphatic rings. The third-order valence-corrected chi connectivity index (χ3v) is 14.1. The van der Waals surface area contributed by atoms with Crippen molar-refractivity contribution in [2.75, 3.05) is 6.61 Å². The number of carbonyl (C=O) groups excluding carboxylic acids is 1. The van der Waals surface area contributed by atoms with E-state index in [9.17, 15) is 25.2 Å². The molecule has 0 aliphatic heterocycles. The lowest BCUT2D eigenvalue weighted by atomic mass is 10.00. The second kappa shape index (κ2) is 54.7. The molecule has 0 saturated carbocycles. The van der Waals surface area contributed by atoms with Crippen molar-refractivity contribution in [1.82, 2.24) is 5.32 Å². The molecule has 0 radical (unpaired) electrons. The van der Waals surface area contributed by atoms with Crippen molar-refractivity contribution in [3.63, 3.8) is 0 Å². The van der Waals surface area contributed by atoms with Gasteiger partial charge < -0.3 is 25.7 Å². The first kappa shape index (κ1) is 64.8. The number of amides is 1. The standard InChI is InChI=1S/C60H117NO5/c1-3-5-7-9-11-13-15-17-19-21-23-25-26-27-28-29-30-31-32-33-34-36-37-39-41-43-45-47-49-51-53-57(63)59(65)56(55-62)61-60(66)58(64)54-52-50-48-46-44-42-40-38-35-24-22-20-18-16-14-12-10-8-6-4-2/h37,39,45,47,56-59,62-65H,3-36,38,40-44,46,48-55H2,1-2H3,(H,61,66)/b39-37+,47-45+. The average molecular weight is 933 g/mol. The highest BCUT2D eigenvalue weighted by Crippen LogP contribution is 2.18. The SMILES string of the molecule is CCCCCCCCCCCCCCCCCCCCCCC/C=C/CC/C=C/CCCC(O)C(O)C(CO)NC(=O)C(O)CCCCCCCCCCCCCCCCCCCCCC. The molecule has 1 amide bonds. The highest BCUT2D eigenvalue weighted by Gasteiger charge is 2.28. The highest BCUT2D eigenvalue weighted by molar-refractivity contribution is 5.80. The quantitative estimate of drug-likeness (QED) is 0.0308. The molecule has 0 aliphatic carbocycles. The Balaban J connectivity index is 3.64. The number of allylic oxidation sites excluding steroid dienone is 4. The molecule has 6 heteroatoms. The molecular formula is C60H117NO5. The van der Waals surface area contributed by atoms with E-state index in [1.807, 2.05) is 0 Å². The zero-order valence-electron chi connectivity index (χ0n) is 44.5. The first-order valence-electron chi connectivity index (χ1n) is 29.7. The van der Waals surface area contributed by atoms with E-state index >= 15 is 0 Å². The third-order valence-electron chi connectivity index (χ3n) is 14.1. The monoisotopic (exact) mass is 932 g/mol. The van der Waals surface area contributed by atoms with E-state index < -0.39 is 36.9 Å². The van der Waals surface area contributed by atoms with E-state index in [1.165, 1.54) is 250 Å². The van der Waals surface area contributed by atoms with Crippen molar-refractivity contribution in [2.24, 2.45) is 0 Å². The van der Waals surface area contributed by atoms with Crippen LogP contribution >= 0.6 is 0 Å². The van der Waals surface area contributed by atoms with Crippen molar-refractivity contribution in [2.45, 2.75) is 346 Å². The maximum atomic E-state index is 12.6. The fourth-order valence-corrected chi connectivity index (χ4v) is 9.48. The summed E-state index contributed by atoms with van der Waals surface area (Å²) in [5, 5.41) is 44.0.